The summed E-state index contributed by atoms with van der Waals surface area (Å²) in [6.07, 6.45) is -58.4. The Balaban J connectivity index is 1.18. The molecule has 6 aliphatic rings. The van der Waals surface area contributed by atoms with E-state index in [1.165, 1.54) is 0 Å². The summed E-state index contributed by atoms with van der Waals surface area (Å²) in [5.41, 5.74) is 0. The SMILES string of the molecule is OC[C@H]1O[C@@H](O[C@H]2[C@@H](O)[C@@H](CO)O[C@@H](O[C@H]3[C@@H](O)[C@@H](CO)O[C@@H](O[C@H]4[C@@H](O)[C@@H](CO)O[C@@H](O[C@H]5[C@@H](O)[C@@H](CO)O[C@@H](O[C@H]6[C@H](O)[C@@H](O)[C@@H](O)O[C@@H]6CO)[C@@H]5O)[C@@H]4O)[C@@H]3O)[C@@H]2O)[C@H](O)[C@@H](O)[C@H]1O. The first-order valence-electron chi connectivity index (χ1n) is 21.1. The van der Waals surface area contributed by atoms with Crippen molar-refractivity contribution in [1.29, 1.82) is 0 Å². The van der Waals surface area contributed by atoms with E-state index in [9.17, 15) is 102 Å². The molecule has 67 heavy (non-hydrogen) atoms. The van der Waals surface area contributed by atoms with Crippen molar-refractivity contribution in [2.24, 2.45) is 0 Å². The maximum absolute atomic E-state index is 11.5. The van der Waals surface area contributed by atoms with Gasteiger partial charge in [-0.1, -0.05) is 0 Å². The molecule has 0 aromatic heterocycles. The van der Waals surface area contributed by atoms with E-state index in [1.54, 1.807) is 0 Å². The van der Waals surface area contributed by atoms with Gasteiger partial charge >= 0.3 is 0 Å². The Morgan fingerprint density at radius 3 is 0.761 bits per heavy atom. The molecule has 0 unspecified atom stereocenters. The van der Waals surface area contributed by atoms with E-state index >= 15 is 0 Å². The molecule has 30 atom stereocenters. The lowest BCUT2D eigenvalue weighted by atomic mass is 9.95. The van der Waals surface area contributed by atoms with Gasteiger partial charge in [-0.25, -0.2) is 0 Å². The molecule has 6 rings (SSSR count). The van der Waals surface area contributed by atoms with Crippen LogP contribution in [0.15, 0.2) is 0 Å². The second kappa shape index (κ2) is 23.5. The summed E-state index contributed by atoms with van der Waals surface area (Å²) >= 11 is 0. The van der Waals surface area contributed by atoms with E-state index in [4.69, 9.17) is 52.1 Å². The van der Waals surface area contributed by atoms with Crippen LogP contribution < -0.4 is 0 Å². The summed E-state index contributed by atoms with van der Waals surface area (Å²) in [5.74, 6) is 0. The Kier molecular flexibility index (Phi) is 19.4. The molecular weight excluding hydrogens is 928 g/mol. The number of hydrogen-bond donors (Lipinski definition) is 20. The molecule has 0 bridgehead atoms. The van der Waals surface area contributed by atoms with Gasteiger partial charge in [-0.05, 0) is 0 Å². The van der Waals surface area contributed by atoms with Crippen LogP contribution in [0, 0.1) is 0 Å². The molecule has 6 saturated heterocycles. The highest BCUT2D eigenvalue weighted by atomic mass is 16.8. The van der Waals surface area contributed by atoms with Crippen LogP contribution in [0.25, 0.3) is 0 Å². The highest BCUT2D eigenvalue weighted by molar-refractivity contribution is 5.00. The smallest absolute Gasteiger partial charge is 0.187 e. The van der Waals surface area contributed by atoms with Crippen molar-refractivity contribution in [3.63, 3.8) is 0 Å². The zero-order chi connectivity index (χ0) is 49.3. The third-order valence-electron chi connectivity index (χ3n) is 12.4. The molecule has 0 aromatic rings. The lowest BCUT2D eigenvalue weighted by molar-refractivity contribution is -0.398. The maximum atomic E-state index is 11.5. The van der Waals surface area contributed by atoms with Crippen LogP contribution in [0.1, 0.15) is 0 Å². The monoisotopic (exact) mass is 990 g/mol. The van der Waals surface area contributed by atoms with E-state index < -0.39 is 224 Å². The zero-order valence-electron chi connectivity index (χ0n) is 35.0. The van der Waals surface area contributed by atoms with Gasteiger partial charge in [-0.3, -0.25) is 0 Å². The van der Waals surface area contributed by atoms with Crippen molar-refractivity contribution in [2.45, 2.75) is 184 Å². The standard InChI is InChI=1S/C36H62O31/c37-1-7-13(43)18(48)21(51)32(58-7)64-27-14(44)9(3-39)60-34(23(27)53)66-29-16(46)11(5-41)62-36(25(29)55)67-30-17(47)10(4-40)61-35(24(30)54)65-28-15(45)8(2-38)59-33(22(28)52)63-26-12(6-42)57-31(56)20(50)19(26)49/h7-56H,1-6H2/t7-,8-,9-,10-,11-,12-,13+,14+,15+,16+,17+,18+,19-,20-,21-,22-,23-,24-,25-,26-,27+,28+,29+,30+,31+,32+,33+,34+,35+,36+/m1/s1. The first kappa shape index (κ1) is 55.1. The minimum atomic E-state index is -2.25. The van der Waals surface area contributed by atoms with Crippen LogP contribution in [0.5, 0.6) is 0 Å². The van der Waals surface area contributed by atoms with Crippen LogP contribution in [-0.2, 0) is 52.1 Å². The first-order chi connectivity index (χ1) is 31.8. The molecule has 0 aliphatic carbocycles. The highest BCUT2D eigenvalue weighted by Gasteiger charge is 2.58. The van der Waals surface area contributed by atoms with Crippen molar-refractivity contribution in [3.05, 3.63) is 0 Å². The Labute approximate surface area is 378 Å². The molecule has 0 radical (unpaired) electrons. The molecule has 20 N–H and O–H groups in total. The molecule has 6 heterocycles. The second-order valence-electron chi connectivity index (χ2n) is 16.8. The van der Waals surface area contributed by atoms with Crippen LogP contribution >= 0.6 is 0 Å². The fourth-order valence-electron chi connectivity index (χ4n) is 8.49. The van der Waals surface area contributed by atoms with E-state index in [1.807, 2.05) is 0 Å². The number of aliphatic hydroxyl groups excluding tert-OH is 20. The summed E-state index contributed by atoms with van der Waals surface area (Å²) in [7, 11) is 0. The predicted molar refractivity (Wildman–Crippen MR) is 199 cm³/mol. The molecular formula is C36H62O31. The van der Waals surface area contributed by atoms with Gasteiger partial charge in [0.2, 0.25) is 0 Å². The minimum Gasteiger partial charge on any atom is -0.394 e. The lowest BCUT2D eigenvalue weighted by Crippen LogP contribution is -2.68. The van der Waals surface area contributed by atoms with Crippen molar-refractivity contribution < 1.29 is 154 Å². The molecule has 0 aromatic carbocycles. The fourth-order valence-corrected chi connectivity index (χ4v) is 8.49. The third kappa shape index (κ3) is 11.2. The molecule has 392 valence electrons. The van der Waals surface area contributed by atoms with Crippen molar-refractivity contribution in [3.8, 4) is 0 Å². The minimum absolute atomic E-state index is 0.875. The van der Waals surface area contributed by atoms with E-state index in [-0.39, 0.29) is 0 Å². The molecule has 0 spiro atoms. The van der Waals surface area contributed by atoms with Crippen LogP contribution in [-0.4, -0.2) is 326 Å². The number of ether oxygens (including phenoxy) is 11. The number of rotatable bonds is 16. The van der Waals surface area contributed by atoms with Gasteiger partial charge in [0, 0.05) is 0 Å². The summed E-state index contributed by atoms with van der Waals surface area (Å²) in [4.78, 5) is 0. The summed E-state index contributed by atoms with van der Waals surface area (Å²) in [6, 6.07) is 0. The average Bonchev–Trinajstić information content (AvgIpc) is 3.31. The van der Waals surface area contributed by atoms with Crippen LogP contribution in [0.3, 0.4) is 0 Å². The normalized spacial score (nSPS) is 53.4. The lowest BCUT2D eigenvalue weighted by Gasteiger charge is -2.50. The number of aliphatic hydroxyl groups is 20. The molecule has 31 heteroatoms. The van der Waals surface area contributed by atoms with Gasteiger partial charge in [0.05, 0.1) is 39.6 Å². The topological polar surface area (TPSA) is 506 Å². The van der Waals surface area contributed by atoms with Gasteiger partial charge in [0.1, 0.15) is 146 Å². The van der Waals surface area contributed by atoms with E-state index in [0.29, 0.717) is 0 Å². The van der Waals surface area contributed by atoms with E-state index in [2.05, 4.69) is 0 Å². The van der Waals surface area contributed by atoms with Gasteiger partial charge < -0.3 is 154 Å². The van der Waals surface area contributed by atoms with E-state index in [0.717, 1.165) is 0 Å². The van der Waals surface area contributed by atoms with Gasteiger partial charge in [0.15, 0.2) is 37.7 Å². The number of hydrogen-bond acceptors (Lipinski definition) is 31. The molecule has 0 amide bonds. The summed E-state index contributed by atoms with van der Waals surface area (Å²) in [5, 5.41) is 211. The maximum Gasteiger partial charge on any atom is 0.187 e. The van der Waals surface area contributed by atoms with Gasteiger partial charge in [-0.15, -0.1) is 0 Å². The Morgan fingerprint density at radius 1 is 0.224 bits per heavy atom. The van der Waals surface area contributed by atoms with Crippen molar-refractivity contribution >= 4 is 0 Å². The van der Waals surface area contributed by atoms with Crippen LogP contribution in [0.4, 0.5) is 0 Å². The van der Waals surface area contributed by atoms with Gasteiger partial charge in [-0.2, -0.15) is 0 Å². The van der Waals surface area contributed by atoms with Crippen molar-refractivity contribution in [2.75, 3.05) is 39.6 Å². The summed E-state index contributed by atoms with van der Waals surface area (Å²) in [6.45, 7) is -5.81. The molecule has 6 aliphatic heterocycles. The highest BCUT2D eigenvalue weighted by Crippen LogP contribution is 2.37. The Hall–Kier alpha value is -1.24. The predicted octanol–water partition coefficient (Wildman–Crippen LogP) is -14.1. The Bertz CT molecular complexity index is 1510. The second-order valence-corrected chi connectivity index (χ2v) is 16.8. The first-order valence-corrected chi connectivity index (χ1v) is 21.1. The molecule has 0 saturated carbocycles. The Morgan fingerprint density at radius 2 is 0.478 bits per heavy atom. The fraction of sp³-hybridized carbons (Fsp3) is 1.00. The van der Waals surface area contributed by atoms with Gasteiger partial charge in [0.25, 0.3) is 0 Å². The average molecular weight is 991 g/mol. The third-order valence-corrected chi connectivity index (χ3v) is 12.4. The molecule has 31 nitrogen and oxygen atoms in total. The quantitative estimate of drug-likeness (QED) is 0.0683. The zero-order valence-corrected chi connectivity index (χ0v) is 35.0. The largest absolute Gasteiger partial charge is 0.394 e. The van der Waals surface area contributed by atoms with Crippen LogP contribution in [0.2, 0.25) is 0 Å². The summed E-state index contributed by atoms with van der Waals surface area (Å²) < 4.78 is 60.7. The molecule has 6 fully saturated rings. The van der Waals surface area contributed by atoms with Crippen molar-refractivity contribution in [1.82, 2.24) is 0 Å².